The lowest BCUT2D eigenvalue weighted by Crippen LogP contribution is -2.30. The molecule has 0 saturated heterocycles. The van der Waals surface area contributed by atoms with Crippen LogP contribution in [0.15, 0.2) is 78.9 Å². The molecule has 3 aromatic rings. The summed E-state index contributed by atoms with van der Waals surface area (Å²) in [5.41, 5.74) is 1.85. The van der Waals surface area contributed by atoms with Crippen molar-refractivity contribution in [1.82, 2.24) is 5.32 Å². The van der Waals surface area contributed by atoms with Crippen LogP contribution in [0.4, 0.5) is 8.78 Å². The number of carbonyl (C=O) groups excluding carboxylic acids is 2. The van der Waals surface area contributed by atoms with Crippen molar-refractivity contribution in [2.75, 3.05) is 13.2 Å². The van der Waals surface area contributed by atoms with E-state index in [2.05, 4.69) is 5.32 Å². The number of rotatable bonds is 8. The number of carbonyl (C=O) groups is 2. The predicted molar refractivity (Wildman–Crippen MR) is 109 cm³/mol. The molecule has 0 unspecified atom stereocenters. The van der Waals surface area contributed by atoms with Gasteiger partial charge in [-0.05, 0) is 29.7 Å². The van der Waals surface area contributed by atoms with Gasteiger partial charge in [0.1, 0.15) is 11.6 Å². The number of benzene rings is 3. The van der Waals surface area contributed by atoms with E-state index in [0.717, 1.165) is 23.3 Å². The second-order valence-electron chi connectivity index (χ2n) is 6.71. The van der Waals surface area contributed by atoms with Crippen LogP contribution in [0.5, 0.6) is 0 Å². The van der Waals surface area contributed by atoms with Crippen molar-refractivity contribution in [1.29, 1.82) is 0 Å². The maximum absolute atomic E-state index is 13.6. The fourth-order valence-electron chi connectivity index (χ4n) is 3.17. The van der Waals surface area contributed by atoms with E-state index in [4.69, 9.17) is 4.74 Å². The van der Waals surface area contributed by atoms with Gasteiger partial charge in [-0.25, -0.2) is 13.6 Å². The predicted octanol–water partition coefficient (Wildman–Crippen LogP) is 4.46. The highest BCUT2D eigenvalue weighted by Crippen LogP contribution is 2.27. The Morgan fingerprint density at radius 3 is 2.03 bits per heavy atom. The molecule has 0 aliphatic heterocycles. The number of nitrogens with one attached hydrogen (secondary N) is 1. The zero-order chi connectivity index (χ0) is 21.3. The first-order chi connectivity index (χ1) is 14.5. The molecule has 0 radical (unpaired) electrons. The molecule has 3 aromatic carbocycles. The van der Waals surface area contributed by atoms with Crippen molar-refractivity contribution in [3.05, 3.63) is 107 Å². The Bertz CT molecular complexity index is 954. The topological polar surface area (TPSA) is 55.4 Å². The van der Waals surface area contributed by atoms with Crippen molar-refractivity contribution in [3.63, 3.8) is 0 Å². The molecule has 6 heteroatoms. The van der Waals surface area contributed by atoms with Gasteiger partial charge < -0.3 is 10.1 Å². The van der Waals surface area contributed by atoms with Gasteiger partial charge in [0, 0.05) is 18.5 Å². The maximum Gasteiger partial charge on any atom is 0.341 e. The van der Waals surface area contributed by atoms with Gasteiger partial charge in [-0.3, -0.25) is 4.79 Å². The van der Waals surface area contributed by atoms with E-state index >= 15 is 0 Å². The first-order valence-corrected chi connectivity index (χ1v) is 9.53. The van der Waals surface area contributed by atoms with Crippen LogP contribution in [0.2, 0.25) is 0 Å². The second-order valence-corrected chi connectivity index (χ2v) is 6.71. The number of ether oxygens (including phenoxy) is 1. The summed E-state index contributed by atoms with van der Waals surface area (Å²) in [6.07, 6.45) is 0.653. The van der Waals surface area contributed by atoms with Crippen LogP contribution in [0.25, 0.3) is 0 Å². The van der Waals surface area contributed by atoms with Crippen LogP contribution < -0.4 is 5.32 Å². The molecule has 0 spiro atoms. The van der Waals surface area contributed by atoms with Gasteiger partial charge >= 0.3 is 5.97 Å². The van der Waals surface area contributed by atoms with Crippen molar-refractivity contribution in [2.24, 2.45) is 0 Å². The molecule has 0 heterocycles. The Balaban J connectivity index is 1.52. The Labute approximate surface area is 173 Å². The summed E-state index contributed by atoms with van der Waals surface area (Å²) in [5, 5.41) is 2.71. The zero-order valence-corrected chi connectivity index (χ0v) is 16.2. The standard InChI is InChI=1S/C24H21F2NO3/c25-19-11-12-21(22(26)15-19)24(29)30-16-23(28)27-14-13-20(17-7-3-1-4-8-17)18-9-5-2-6-10-18/h1-12,15,20H,13-14,16H2,(H,27,28). The highest BCUT2D eigenvalue weighted by molar-refractivity contribution is 5.91. The summed E-state index contributed by atoms with van der Waals surface area (Å²) in [6, 6.07) is 22.5. The molecule has 0 aliphatic rings. The summed E-state index contributed by atoms with van der Waals surface area (Å²) in [4.78, 5) is 23.9. The van der Waals surface area contributed by atoms with E-state index in [0.29, 0.717) is 19.0 Å². The molecule has 30 heavy (non-hydrogen) atoms. The molecule has 4 nitrogen and oxygen atoms in total. The largest absolute Gasteiger partial charge is 0.452 e. The number of amides is 1. The minimum atomic E-state index is -1.03. The van der Waals surface area contributed by atoms with Gasteiger partial charge in [0.05, 0.1) is 5.56 Å². The van der Waals surface area contributed by atoms with Crippen molar-refractivity contribution in [3.8, 4) is 0 Å². The van der Waals surface area contributed by atoms with Crippen LogP contribution in [-0.2, 0) is 9.53 Å². The quantitative estimate of drug-likeness (QED) is 0.559. The van der Waals surface area contributed by atoms with E-state index < -0.39 is 35.7 Å². The molecule has 154 valence electrons. The molecule has 0 saturated carbocycles. The van der Waals surface area contributed by atoms with Gasteiger partial charge in [0.2, 0.25) is 0 Å². The third kappa shape index (κ3) is 5.73. The van der Waals surface area contributed by atoms with Crippen LogP contribution in [0, 0.1) is 11.6 Å². The molecule has 0 atom stereocenters. The molecule has 3 rings (SSSR count). The van der Waals surface area contributed by atoms with Crippen molar-refractivity contribution >= 4 is 11.9 Å². The van der Waals surface area contributed by atoms with Crippen LogP contribution in [0.3, 0.4) is 0 Å². The normalized spacial score (nSPS) is 10.6. The summed E-state index contributed by atoms with van der Waals surface area (Å²) in [7, 11) is 0. The molecule has 0 fully saturated rings. The van der Waals surface area contributed by atoms with Crippen molar-refractivity contribution < 1.29 is 23.1 Å². The Kier molecular flexibility index (Phi) is 7.27. The molecule has 0 bridgehead atoms. The first-order valence-electron chi connectivity index (χ1n) is 9.53. The third-order valence-electron chi connectivity index (χ3n) is 4.64. The minimum absolute atomic E-state index is 0.101. The minimum Gasteiger partial charge on any atom is -0.452 e. The average molecular weight is 409 g/mol. The second kappa shape index (κ2) is 10.3. The first kappa shape index (κ1) is 21.2. The molecule has 0 aromatic heterocycles. The molecular weight excluding hydrogens is 388 g/mol. The van der Waals surface area contributed by atoms with E-state index in [1.54, 1.807) is 0 Å². The highest BCUT2D eigenvalue weighted by Gasteiger charge is 2.17. The monoisotopic (exact) mass is 409 g/mol. The van der Waals surface area contributed by atoms with E-state index in [-0.39, 0.29) is 5.92 Å². The lowest BCUT2D eigenvalue weighted by molar-refractivity contribution is -0.124. The van der Waals surface area contributed by atoms with Gasteiger partial charge in [-0.2, -0.15) is 0 Å². The van der Waals surface area contributed by atoms with Gasteiger partial charge in [0.25, 0.3) is 5.91 Å². The SMILES string of the molecule is O=C(COC(=O)c1ccc(F)cc1F)NCCC(c1ccccc1)c1ccccc1. The summed E-state index contributed by atoms with van der Waals surface area (Å²) < 4.78 is 31.3. The van der Waals surface area contributed by atoms with Crippen molar-refractivity contribution in [2.45, 2.75) is 12.3 Å². The number of esters is 1. The van der Waals surface area contributed by atoms with E-state index in [9.17, 15) is 18.4 Å². The molecule has 1 amide bonds. The average Bonchev–Trinajstić information content (AvgIpc) is 2.76. The summed E-state index contributed by atoms with van der Waals surface area (Å²) in [6.45, 7) is -0.174. The van der Waals surface area contributed by atoms with Crippen LogP contribution in [0.1, 0.15) is 33.8 Å². The van der Waals surface area contributed by atoms with Gasteiger partial charge in [-0.15, -0.1) is 0 Å². The number of hydrogen-bond donors (Lipinski definition) is 1. The molecule has 0 aliphatic carbocycles. The zero-order valence-electron chi connectivity index (χ0n) is 16.2. The Hall–Kier alpha value is -3.54. The van der Waals surface area contributed by atoms with Gasteiger partial charge in [0.15, 0.2) is 6.61 Å². The summed E-state index contributed by atoms with van der Waals surface area (Å²) >= 11 is 0. The Morgan fingerprint density at radius 2 is 1.47 bits per heavy atom. The van der Waals surface area contributed by atoms with Crippen LogP contribution in [-0.4, -0.2) is 25.0 Å². The fourth-order valence-corrected chi connectivity index (χ4v) is 3.17. The van der Waals surface area contributed by atoms with Crippen LogP contribution >= 0.6 is 0 Å². The van der Waals surface area contributed by atoms with Gasteiger partial charge in [-0.1, -0.05) is 60.7 Å². The third-order valence-corrected chi connectivity index (χ3v) is 4.64. The maximum atomic E-state index is 13.6. The lowest BCUT2D eigenvalue weighted by Gasteiger charge is -2.18. The fraction of sp³-hybridized carbons (Fsp3) is 0.167. The number of hydrogen-bond acceptors (Lipinski definition) is 3. The van der Waals surface area contributed by atoms with E-state index in [1.165, 1.54) is 0 Å². The lowest BCUT2D eigenvalue weighted by atomic mass is 9.88. The smallest absolute Gasteiger partial charge is 0.341 e. The Morgan fingerprint density at radius 1 is 0.867 bits per heavy atom. The van der Waals surface area contributed by atoms with E-state index in [1.807, 2.05) is 60.7 Å². The molecule has 1 N–H and O–H groups in total. The number of halogens is 2. The molecular formula is C24H21F2NO3. The summed E-state index contributed by atoms with van der Waals surface area (Å²) in [5.74, 6) is -3.24. The highest BCUT2D eigenvalue weighted by atomic mass is 19.1.